The van der Waals surface area contributed by atoms with E-state index >= 15 is 0 Å². The number of aromatic nitrogens is 1. The molecule has 5 aliphatic rings. The van der Waals surface area contributed by atoms with Crippen molar-refractivity contribution in [2.75, 3.05) is 104 Å². The lowest BCUT2D eigenvalue weighted by Crippen LogP contribution is -2.57. The number of esters is 1. The van der Waals surface area contributed by atoms with Crippen molar-refractivity contribution >= 4 is 46.7 Å². The van der Waals surface area contributed by atoms with Gasteiger partial charge in [-0.05, 0) is 74.3 Å². The Kier molecular flexibility index (Phi) is 15.1. The molecule has 1 N–H and O–H groups in total. The van der Waals surface area contributed by atoms with Crippen LogP contribution in [-0.2, 0) is 48.5 Å². The minimum atomic E-state index is -1.12. The zero-order valence-electron chi connectivity index (χ0n) is 37.9. The van der Waals surface area contributed by atoms with Gasteiger partial charge in [0.1, 0.15) is 0 Å². The maximum atomic E-state index is 14.4. The number of oxazole rings is 1. The summed E-state index contributed by atoms with van der Waals surface area (Å²) < 4.78 is 23.8. The van der Waals surface area contributed by atoms with Crippen molar-refractivity contribution in [3.8, 4) is 0 Å². The van der Waals surface area contributed by atoms with Gasteiger partial charge >= 0.3 is 23.8 Å². The summed E-state index contributed by atoms with van der Waals surface area (Å²) >= 11 is 0. The molecule has 18 heteroatoms. The third-order valence-electron chi connectivity index (χ3n) is 13.9. The molecule has 0 unspecified atom stereocenters. The number of para-hydroxylation sites is 1. The molecule has 8 rings (SSSR count). The Morgan fingerprint density at radius 1 is 0.815 bits per heavy atom. The van der Waals surface area contributed by atoms with E-state index in [4.69, 9.17) is 18.6 Å². The van der Waals surface area contributed by atoms with Crippen LogP contribution in [0.2, 0.25) is 0 Å². The van der Waals surface area contributed by atoms with Crippen molar-refractivity contribution in [1.29, 1.82) is 0 Å². The molecule has 0 bridgehead atoms. The van der Waals surface area contributed by atoms with Crippen molar-refractivity contribution in [3.05, 3.63) is 63.6 Å². The number of urea groups is 1. The molecule has 0 saturated carbocycles. The number of hydrogen-bond acceptors (Lipinski definition) is 12. The second-order valence-corrected chi connectivity index (χ2v) is 18.0. The molecule has 0 aliphatic carbocycles. The highest BCUT2D eigenvalue weighted by atomic mass is 16.6. The highest BCUT2D eigenvalue weighted by Gasteiger charge is 2.37. The Labute approximate surface area is 379 Å². The molecule has 0 spiro atoms. The Morgan fingerprint density at radius 2 is 1.52 bits per heavy atom. The minimum absolute atomic E-state index is 0.0333. The van der Waals surface area contributed by atoms with E-state index in [0.717, 1.165) is 75.3 Å². The van der Waals surface area contributed by atoms with Gasteiger partial charge in [0, 0.05) is 116 Å². The first-order valence-electron chi connectivity index (χ1n) is 23.5. The van der Waals surface area contributed by atoms with Gasteiger partial charge in [0.2, 0.25) is 5.91 Å². The van der Waals surface area contributed by atoms with Crippen molar-refractivity contribution < 1.29 is 42.6 Å². The summed E-state index contributed by atoms with van der Waals surface area (Å²) in [5.41, 5.74) is 4.51. The topological polar surface area (TPSA) is 180 Å². The number of amides is 5. The van der Waals surface area contributed by atoms with Gasteiger partial charge in [-0.25, -0.2) is 14.4 Å². The highest BCUT2D eigenvalue weighted by Crippen LogP contribution is 2.27. The smallest absolute Gasteiger partial charge is 0.419 e. The summed E-state index contributed by atoms with van der Waals surface area (Å²) in [6.45, 7) is 11.1. The van der Waals surface area contributed by atoms with E-state index < -0.39 is 18.0 Å². The summed E-state index contributed by atoms with van der Waals surface area (Å²) in [7, 11) is 1.65. The molecular formula is C47H64N8O10. The number of hydrogen-bond donors (Lipinski definition) is 1. The number of piperazine rings is 1. The molecule has 3 aromatic rings. The first-order chi connectivity index (χ1) is 31.5. The second-order valence-electron chi connectivity index (χ2n) is 18.0. The van der Waals surface area contributed by atoms with Crippen molar-refractivity contribution in [2.45, 2.75) is 82.9 Å². The van der Waals surface area contributed by atoms with Crippen molar-refractivity contribution in [1.82, 2.24) is 34.0 Å². The molecule has 4 fully saturated rings. The maximum Gasteiger partial charge on any atom is 0.419 e. The number of anilines is 1. The average molecular weight is 901 g/mol. The van der Waals surface area contributed by atoms with Crippen LogP contribution in [0, 0.1) is 6.92 Å². The number of likely N-dealkylation sites (tertiary alicyclic amines) is 2. The molecule has 1 atom stereocenters. The number of ether oxygens (including phenoxy) is 3. The van der Waals surface area contributed by atoms with Gasteiger partial charge in [0.05, 0.1) is 31.8 Å². The molecule has 5 aliphatic heterocycles. The van der Waals surface area contributed by atoms with Gasteiger partial charge in [-0.1, -0.05) is 24.3 Å². The van der Waals surface area contributed by atoms with Gasteiger partial charge in [-0.15, -0.1) is 0 Å². The van der Waals surface area contributed by atoms with Gasteiger partial charge in [0.25, 0.3) is 5.91 Å². The standard InChI is InChI=1S/C47H64N8O10/c1-33-30-34(31-39-43(33)49(2)46(60)64-39)32-40(65-47(61)54-18-13-37(14-19-54)55-20-10-35-6-3-4-7-38(35)48-45(55)59)44(58)53-23-21-51(22-24-53)36-11-16-52(17-12-36)41(56)8-9-42(57)63-27-5-15-50-25-28-62-29-26-50/h3-4,6-7,30-31,36-37,40H,5,8-29,32H2,1-2H3,(H,48,59)/t40-/m1/s1. The SMILES string of the molecule is Cc1cc(C[C@@H](OC(=O)N2CCC(N3CCc4ccccc4NC3=O)CC2)C(=O)N2CCN(C3CCN(C(=O)CCC(=O)OCCCN4CCOCC4)CC3)CC2)cc2oc(=O)n(C)c12. The molecule has 352 valence electrons. The molecular weight excluding hydrogens is 837 g/mol. The Morgan fingerprint density at radius 3 is 2.28 bits per heavy atom. The predicted molar refractivity (Wildman–Crippen MR) is 240 cm³/mol. The molecule has 1 aromatic heterocycles. The van der Waals surface area contributed by atoms with Crippen LogP contribution >= 0.6 is 0 Å². The predicted octanol–water partition coefficient (Wildman–Crippen LogP) is 3.22. The van der Waals surface area contributed by atoms with Crippen LogP contribution in [0.3, 0.4) is 0 Å². The molecule has 6 heterocycles. The van der Waals surface area contributed by atoms with E-state index in [0.29, 0.717) is 95.0 Å². The molecule has 4 saturated heterocycles. The lowest BCUT2D eigenvalue weighted by atomic mass is 10.0. The maximum absolute atomic E-state index is 14.4. The van der Waals surface area contributed by atoms with Crippen LogP contribution in [0.5, 0.6) is 0 Å². The van der Waals surface area contributed by atoms with Crippen LogP contribution in [0.15, 0.2) is 45.6 Å². The Balaban J connectivity index is 0.820. The molecule has 0 radical (unpaired) electrons. The van der Waals surface area contributed by atoms with E-state index in [1.54, 1.807) is 22.9 Å². The fraction of sp³-hybridized carbons (Fsp3) is 0.617. The summed E-state index contributed by atoms with van der Waals surface area (Å²) in [4.78, 5) is 91.0. The summed E-state index contributed by atoms with van der Waals surface area (Å²) in [6.07, 6.45) is 2.90. The first-order valence-corrected chi connectivity index (χ1v) is 23.5. The van der Waals surface area contributed by atoms with Gasteiger partial charge in [-0.2, -0.15) is 0 Å². The first kappa shape index (κ1) is 46.1. The molecule has 2 aromatic carbocycles. The number of carbonyl (C=O) groups excluding carboxylic acids is 5. The monoisotopic (exact) mass is 900 g/mol. The minimum Gasteiger partial charge on any atom is -0.466 e. The van der Waals surface area contributed by atoms with Crippen molar-refractivity contribution in [2.24, 2.45) is 7.05 Å². The number of fused-ring (bicyclic) bond motifs is 2. The molecule has 5 amide bonds. The van der Waals surface area contributed by atoms with Crippen LogP contribution in [-0.4, -0.2) is 180 Å². The number of nitrogens with zero attached hydrogens (tertiary/aromatic N) is 7. The third-order valence-corrected chi connectivity index (χ3v) is 13.9. The number of morpholine rings is 1. The van der Waals surface area contributed by atoms with Crippen molar-refractivity contribution in [3.63, 3.8) is 0 Å². The zero-order valence-corrected chi connectivity index (χ0v) is 37.9. The second kappa shape index (κ2) is 21.2. The average Bonchev–Trinajstić information content (AvgIpc) is 3.50. The van der Waals surface area contributed by atoms with E-state index in [9.17, 15) is 28.8 Å². The fourth-order valence-corrected chi connectivity index (χ4v) is 10.1. The van der Waals surface area contributed by atoms with E-state index in [2.05, 4.69) is 15.1 Å². The van der Waals surface area contributed by atoms with Gasteiger partial charge in [0.15, 0.2) is 11.7 Å². The van der Waals surface area contributed by atoms with Crippen LogP contribution in [0.1, 0.15) is 61.6 Å². The van der Waals surface area contributed by atoms with Crippen LogP contribution in [0.25, 0.3) is 11.1 Å². The summed E-state index contributed by atoms with van der Waals surface area (Å²) in [5, 5.41) is 3.04. The summed E-state index contributed by atoms with van der Waals surface area (Å²) in [6, 6.07) is 11.5. The van der Waals surface area contributed by atoms with E-state index in [1.165, 1.54) is 4.57 Å². The largest absolute Gasteiger partial charge is 0.466 e. The van der Waals surface area contributed by atoms with E-state index in [1.807, 2.05) is 47.1 Å². The Bertz CT molecular complexity index is 2230. The molecule has 18 nitrogen and oxygen atoms in total. The number of aryl methyl sites for hydroxylation is 2. The normalized spacial score (nSPS) is 20.0. The number of rotatable bonds is 13. The van der Waals surface area contributed by atoms with Crippen LogP contribution in [0.4, 0.5) is 15.3 Å². The number of nitrogens with one attached hydrogen (secondary N) is 1. The van der Waals surface area contributed by atoms with Crippen LogP contribution < -0.4 is 11.1 Å². The number of piperidine rings is 2. The quantitative estimate of drug-likeness (QED) is 0.196. The lowest BCUT2D eigenvalue weighted by Gasteiger charge is -2.43. The van der Waals surface area contributed by atoms with Gasteiger partial charge < -0.3 is 43.5 Å². The van der Waals surface area contributed by atoms with Gasteiger partial charge in [-0.3, -0.25) is 28.8 Å². The molecule has 65 heavy (non-hydrogen) atoms. The fourth-order valence-electron chi connectivity index (χ4n) is 10.1. The lowest BCUT2D eigenvalue weighted by molar-refractivity contribution is -0.146. The number of carbonyl (C=O) groups is 5. The Hall–Kier alpha value is -5.46. The highest BCUT2D eigenvalue weighted by molar-refractivity contribution is 5.91. The number of benzene rings is 2. The zero-order chi connectivity index (χ0) is 45.5. The van der Waals surface area contributed by atoms with E-state index in [-0.39, 0.29) is 55.2 Å². The third kappa shape index (κ3) is 11.3. The summed E-state index contributed by atoms with van der Waals surface area (Å²) in [5.74, 6) is -1.14.